The van der Waals surface area contributed by atoms with Crippen LogP contribution in [0.1, 0.15) is 43.9 Å². The van der Waals surface area contributed by atoms with Gasteiger partial charge in [-0.05, 0) is 61.9 Å². The molecule has 0 unspecified atom stereocenters. The molecule has 4 aliphatic rings. The van der Waals surface area contributed by atoms with Gasteiger partial charge in [0.25, 0.3) is 0 Å². The number of nitrogens with zero attached hydrogens (tertiary/aromatic N) is 5. The van der Waals surface area contributed by atoms with Crippen molar-refractivity contribution in [3.63, 3.8) is 0 Å². The minimum atomic E-state index is -0.929. The van der Waals surface area contributed by atoms with Crippen LogP contribution < -0.4 is 9.64 Å². The molecule has 11 heteroatoms. The topological polar surface area (TPSA) is 83.8 Å². The summed E-state index contributed by atoms with van der Waals surface area (Å²) >= 11 is 0. The lowest BCUT2D eigenvalue weighted by Crippen LogP contribution is -2.43. The predicted molar refractivity (Wildman–Crippen MR) is 169 cm³/mol. The second kappa shape index (κ2) is 10.9. The van der Waals surface area contributed by atoms with Gasteiger partial charge < -0.3 is 19.5 Å². The number of alkyl halides is 1. The lowest BCUT2D eigenvalue weighted by molar-refractivity contribution is 0.107. The third kappa shape index (κ3) is 4.49. The Bertz CT molecular complexity index is 1990. The van der Waals surface area contributed by atoms with Crippen molar-refractivity contribution in [1.29, 1.82) is 0 Å². The van der Waals surface area contributed by atoms with Crippen molar-refractivity contribution in [2.75, 3.05) is 44.4 Å². The second-order valence-corrected chi connectivity index (χ2v) is 12.7. The number of fused-ring (bicyclic) bond motifs is 4. The first kappa shape index (κ1) is 29.0. The first-order chi connectivity index (χ1) is 22.3. The van der Waals surface area contributed by atoms with Crippen molar-refractivity contribution in [3.8, 4) is 35.4 Å². The van der Waals surface area contributed by atoms with Gasteiger partial charge in [0, 0.05) is 37.1 Å². The van der Waals surface area contributed by atoms with E-state index in [-0.39, 0.29) is 52.1 Å². The number of aromatic nitrogens is 3. The van der Waals surface area contributed by atoms with Crippen molar-refractivity contribution < 1.29 is 27.8 Å². The molecular weight excluding hydrogens is 595 g/mol. The zero-order valence-electron chi connectivity index (χ0n) is 25.3. The van der Waals surface area contributed by atoms with E-state index in [0.29, 0.717) is 55.0 Å². The van der Waals surface area contributed by atoms with E-state index in [1.807, 2.05) is 13.0 Å². The Labute approximate surface area is 263 Å². The molecule has 0 aliphatic carbocycles. The van der Waals surface area contributed by atoms with Crippen molar-refractivity contribution in [2.45, 2.75) is 50.4 Å². The van der Waals surface area contributed by atoms with Crippen LogP contribution in [0.15, 0.2) is 30.3 Å². The average molecular weight is 628 g/mol. The van der Waals surface area contributed by atoms with Crippen LogP contribution in [0.4, 0.5) is 19.0 Å². The van der Waals surface area contributed by atoms with Crippen LogP contribution >= 0.6 is 0 Å². The molecule has 2 aromatic heterocycles. The summed E-state index contributed by atoms with van der Waals surface area (Å²) in [7, 11) is 0. The number of phenols is 1. The second-order valence-electron chi connectivity index (χ2n) is 12.7. The summed E-state index contributed by atoms with van der Waals surface area (Å²) < 4.78 is 58.7. The molecule has 3 saturated heterocycles. The van der Waals surface area contributed by atoms with Gasteiger partial charge in [0.05, 0.1) is 34.8 Å². The fourth-order valence-electron chi connectivity index (χ4n) is 7.84. The van der Waals surface area contributed by atoms with E-state index < -0.39 is 23.3 Å². The number of benzene rings is 2. The molecule has 0 saturated carbocycles. The lowest BCUT2D eigenvalue weighted by atomic mass is 9.95. The number of halogens is 3. The van der Waals surface area contributed by atoms with Gasteiger partial charge in [0.15, 0.2) is 5.82 Å². The number of hydrogen-bond acceptors (Lipinski definition) is 8. The fraction of sp³-hybridized carbons (Fsp3) is 0.400. The van der Waals surface area contributed by atoms with Crippen LogP contribution in [0.5, 0.6) is 11.8 Å². The molecule has 4 aliphatic heterocycles. The Balaban J connectivity index is 1.37. The van der Waals surface area contributed by atoms with Crippen molar-refractivity contribution in [3.05, 3.63) is 53.2 Å². The Morgan fingerprint density at radius 1 is 1.13 bits per heavy atom. The van der Waals surface area contributed by atoms with Gasteiger partial charge in [0.1, 0.15) is 41.4 Å². The summed E-state index contributed by atoms with van der Waals surface area (Å²) in [5.74, 6) is 1.28. The standard InChI is InChI=1S/C35H32F3N5O3/c1-3-24-26(37)7-6-20-13-23(44)14-25(27(20)24)31-29(38)32-28-30(39-31)19(2)12-22-17-45-11-5-10-43(22)33(28)41-34(40-32)46-18-35-8-4-9-42(35)16-21(36)15-35/h1,6-7,12-14,21-22,44H,4-5,8-11,15-18H2,2H3/t21-,22+,35+/m1/s1. The van der Waals surface area contributed by atoms with Crippen LogP contribution in [-0.2, 0) is 4.74 Å². The maximum atomic E-state index is 17.1. The van der Waals surface area contributed by atoms with Gasteiger partial charge in [-0.1, -0.05) is 18.1 Å². The fourth-order valence-corrected chi connectivity index (χ4v) is 7.84. The highest BCUT2D eigenvalue weighted by Crippen LogP contribution is 2.44. The molecule has 46 heavy (non-hydrogen) atoms. The normalized spacial score (nSPS) is 24.3. The number of allylic oxidation sites excluding steroid dienone is 1. The summed E-state index contributed by atoms with van der Waals surface area (Å²) in [5.41, 5.74) is 0.669. The first-order valence-corrected chi connectivity index (χ1v) is 15.6. The highest BCUT2D eigenvalue weighted by molar-refractivity contribution is 6.05. The molecule has 0 amide bonds. The molecule has 0 bridgehead atoms. The van der Waals surface area contributed by atoms with E-state index >= 15 is 4.39 Å². The summed E-state index contributed by atoms with van der Waals surface area (Å²) in [5, 5.41) is 11.8. The Kier molecular flexibility index (Phi) is 6.85. The first-order valence-electron chi connectivity index (χ1n) is 15.6. The summed E-state index contributed by atoms with van der Waals surface area (Å²) in [6.07, 6.45) is 9.68. The van der Waals surface area contributed by atoms with Gasteiger partial charge in [-0.2, -0.15) is 9.97 Å². The van der Waals surface area contributed by atoms with E-state index in [1.165, 1.54) is 24.3 Å². The van der Waals surface area contributed by atoms with Crippen LogP contribution in [0, 0.1) is 24.0 Å². The van der Waals surface area contributed by atoms with E-state index in [9.17, 15) is 13.9 Å². The largest absolute Gasteiger partial charge is 0.508 e. The van der Waals surface area contributed by atoms with Gasteiger partial charge in [-0.15, -0.1) is 6.42 Å². The molecule has 0 radical (unpaired) electrons. The van der Waals surface area contributed by atoms with Crippen LogP contribution in [-0.4, -0.2) is 82.2 Å². The molecule has 2 aromatic carbocycles. The van der Waals surface area contributed by atoms with E-state index in [4.69, 9.17) is 25.9 Å². The summed E-state index contributed by atoms with van der Waals surface area (Å²) in [6, 6.07) is 5.26. The SMILES string of the molecule is C#Cc1c(F)ccc2cc(O)cc(-c3nc4c5c(nc(OC[C@@]67CCCN6C[C@H](F)C7)nc5c3F)N3CCCOC[C@@H]3C=C4C)c12. The van der Waals surface area contributed by atoms with Gasteiger partial charge in [-0.3, -0.25) is 4.90 Å². The van der Waals surface area contributed by atoms with Crippen LogP contribution in [0.3, 0.4) is 0 Å². The molecule has 1 N–H and O–H groups in total. The Morgan fingerprint density at radius 2 is 2.00 bits per heavy atom. The number of rotatable bonds is 4. The third-order valence-corrected chi connectivity index (χ3v) is 9.89. The van der Waals surface area contributed by atoms with Crippen molar-refractivity contribution in [1.82, 2.24) is 19.9 Å². The average Bonchev–Trinajstić information content (AvgIpc) is 3.42. The number of ether oxygens (including phenoxy) is 2. The monoisotopic (exact) mass is 627 g/mol. The molecule has 3 fully saturated rings. The van der Waals surface area contributed by atoms with E-state index in [2.05, 4.69) is 20.7 Å². The minimum absolute atomic E-state index is 0.0207. The van der Waals surface area contributed by atoms with Crippen LogP contribution in [0.25, 0.3) is 38.5 Å². The molecule has 3 atom stereocenters. The van der Waals surface area contributed by atoms with Crippen molar-refractivity contribution in [2.24, 2.45) is 0 Å². The van der Waals surface area contributed by atoms with Crippen molar-refractivity contribution >= 4 is 33.1 Å². The minimum Gasteiger partial charge on any atom is -0.508 e. The highest BCUT2D eigenvalue weighted by atomic mass is 19.1. The molecule has 8 rings (SSSR count). The van der Waals surface area contributed by atoms with E-state index in [0.717, 1.165) is 31.4 Å². The number of hydrogen-bond donors (Lipinski definition) is 1. The molecule has 6 heterocycles. The smallest absolute Gasteiger partial charge is 0.319 e. The number of aromatic hydroxyl groups is 1. The maximum absolute atomic E-state index is 17.1. The summed E-state index contributed by atoms with van der Waals surface area (Å²) in [4.78, 5) is 18.5. The Morgan fingerprint density at radius 3 is 2.85 bits per heavy atom. The zero-order valence-corrected chi connectivity index (χ0v) is 25.3. The number of phenolic OH excluding ortho intramolecular Hbond substituents is 1. The quantitative estimate of drug-likeness (QED) is 0.286. The summed E-state index contributed by atoms with van der Waals surface area (Å²) in [6.45, 7) is 4.83. The number of anilines is 1. The highest BCUT2D eigenvalue weighted by Gasteiger charge is 2.49. The number of terminal acetylenes is 1. The van der Waals surface area contributed by atoms with Crippen LogP contribution in [0.2, 0.25) is 0 Å². The molecule has 4 aromatic rings. The van der Waals surface area contributed by atoms with Gasteiger partial charge in [0.2, 0.25) is 0 Å². The lowest BCUT2D eigenvalue weighted by Gasteiger charge is -2.31. The molecule has 236 valence electrons. The third-order valence-electron chi connectivity index (χ3n) is 9.89. The maximum Gasteiger partial charge on any atom is 0.319 e. The molecular formula is C35H32F3N5O3. The van der Waals surface area contributed by atoms with Gasteiger partial charge >= 0.3 is 6.01 Å². The Hall–Kier alpha value is -4.40. The van der Waals surface area contributed by atoms with Gasteiger partial charge in [-0.25, -0.2) is 18.2 Å². The zero-order chi connectivity index (χ0) is 31.7. The molecule has 0 spiro atoms. The molecule has 8 nitrogen and oxygen atoms in total. The van der Waals surface area contributed by atoms with E-state index in [1.54, 1.807) is 0 Å². The number of pyridine rings is 1. The predicted octanol–water partition coefficient (Wildman–Crippen LogP) is 5.78.